The molecule has 2 unspecified atom stereocenters. The highest BCUT2D eigenvalue weighted by Crippen LogP contribution is 2.34. The van der Waals surface area contributed by atoms with Gasteiger partial charge in [0.1, 0.15) is 0 Å². The quantitative estimate of drug-likeness (QED) is 0.707. The highest BCUT2D eigenvalue weighted by molar-refractivity contribution is 5.35. The van der Waals surface area contributed by atoms with Crippen LogP contribution < -0.4 is 0 Å². The Morgan fingerprint density at radius 2 is 1.71 bits per heavy atom. The molecule has 0 saturated heterocycles. The summed E-state index contributed by atoms with van der Waals surface area (Å²) in [6.07, 6.45) is 0.486. The van der Waals surface area contributed by atoms with Gasteiger partial charge < -0.3 is 14.6 Å². The maximum Gasteiger partial charge on any atom is 0.0951 e. The summed E-state index contributed by atoms with van der Waals surface area (Å²) in [5.41, 5.74) is 2.33. The molecule has 0 amide bonds. The van der Waals surface area contributed by atoms with Crippen LogP contribution in [0.1, 0.15) is 31.1 Å². The minimum absolute atomic E-state index is 0.128. The van der Waals surface area contributed by atoms with E-state index < -0.39 is 6.10 Å². The Hall–Kier alpha value is -0.940. The molecule has 1 aliphatic carbocycles. The van der Waals surface area contributed by atoms with Crippen LogP contribution >= 0.6 is 0 Å². The van der Waals surface area contributed by atoms with E-state index in [0.717, 1.165) is 38.3 Å². The summed E-state index contributed by atoms with van der Waals surface area (Å²) in [4.78, 5) is 2.30. The van der Waals surface area contributed by atoms with E-state index in [-0.39, 0.29) is 6.04 Å². The Morgan fingerprint density at radius 3 is 2.29 bits per heavy atom. The first-order chi connectivity index (χ1) is 10.3. The molecule has 0 aromatic heterocycles. The van der Waals surface area contributed by atoms with Gasteiger partial charge in [-0.25, -0.2) is 0 Å². The molecule has 4 heteroatoms. The smallest absolute Gasteiger partial charge is 0.0951 e. The van der Waals surface area contributed by atoms with Gasteiger partial charge in [-0.1, -0.05) is 24.3 Å². The average Bonchev–Trinajstić information content (AvgIpc) is 2.84. The van der Waals surface area contributed by atoms with Crippen LogP contribution in [0.3, 0.4) is 0 Å². The lowest BCUT2D eigenvalue weighted by molar-refractivity contribution is 0.0185. The Morgan fingerprint density at radius 1 is 1.10 bits per heavy atom. The van der Waals surface area contributed by atoms with Crippen molar-refractivity contribution in [2.75, 3.05) is 39.5 Å². The van der Waals surface area contributed by atoms with Gasteiger partial charge in [-0.05, 0) is 31.4 Å². The van der Waals surface area contributed by atoms with E-state index in [1.165, 1.54) is 5.56 Å². The van der Waals surface area contributed by atoms with Crippen molar-refractivity contribution in [3.8, 4) is 0 Å². The molecule has 1 N–H and O–H groups in total. The third kappa shape index (κ3) is 4.27. The maximum atomic E-state index is 10.6. The van der Waals surface area contributed by atoms with Gasteiger partial charge >= 0.3 is 0 Å². The van der Waals surface area contributed by atoms with Crippen LogP contribution in [0.25, 0.3) is 0 Å². The second-order valence-corrected chi connectivity index (χ2v) is 5.34. The summed E-state index contributed by atoms with van der Waals surface area (Å²) in [7, 11) is 0. The molecule has 2 atom stereocenters. The summed E-state index contributed by atoms with van der Waals surface area (Å²) in [6.45, 7) is 8.52. The predicted octanol–water partition coefficient (Wildman–Crippen LogP) is 2.02. The van der Waals surface area contributed by atoms with Crippen LogP contribution in [0.2, 0.25) is 0 Å². The van der Waals surface area contributed by atoms with E-state index >= 15 is 0 Å². The fourth-order valence-electron chi connectivity index (χ4n) is 2.98. The van der Waals surface area contributed by atoms with Crippen LogP contribution in [0.4, 0.5) is 0 Å². The number of ether oxygens (including phenoxy) is 2. The summed E-state index contributed by atoms with van der Waals surface area (Å²) in [5.74, 6) is 0. The molecule has 2 rings (SSSR count). The number of aliphatic hydroxyl groups excluding tert-OH is 1. The van der Waals surface area contributed by atoms with Crippen LogP contribution in [0.5, 0.6) is 0 Å². The standard InChI is InChI=1S/C17H27NO3/c1-3-20-11-9-18(10-12-21-4-2)16-13-14-7-5-6-8-15(14)17(16)19/h5-8,16-17,19H,3-4,9-13H2,1-2H3. The zero-order chi connectivity index (χ0) is 15.1. The van der Waals surface area contributed by atoms with Crippen LogP contribution in [0, 0.1) is 0 Å². The van der Waals surface area contributed by atoms with E-state index in [4.69, 9.17) is 9.47 Å². The zero-order valence-corrected chi connectivity index (χ0v) is 13.1. The number of rotatable bonds is 9. The van der Waals surface area contributed by atoms with Crippen molar-refractivity contribution in [3.05, 3.63) is 35.4 Å². The summed E-state index contributed by atoms with van der Waals surface area (Å²) in [5, 5.41) is 10.6. The first-order valence-electron chi connectivity index (χ1n) is 7.93. The van der Waals surface area contributed by atoms with Gasteiger partial charge in [-0.2, -0.15) is 0 Å². The van der Waals surface area contributed by atoms with Gasteiger partial charge in [-0.3, -0.25) is 4.90 Å². The van der Waals surface area contributed by atoms with E-state index in [1.54, 1.807) is 0 Å². The Bertz CT molecular complexity index is 414. The van der Waals surface area contributed by atoms with Crippen molar-refractivity contribution in [2.24, 2.45) is 0 Å². The van der Waals surface area contributed by atoms with Crippen molar-refractivity contribution in [1.29, 1.82) is 0 Å². The van der Waals surface area contributed by atoms with Gasteiger partial charge in [0.25, 0.3) is 0 Å². The molecule has 118 valence electrons. The number of nitrogens with zero attached hydrogens (tertiary/aromatic N) is 1. The van der Waals surface area contributed by atoms with Gasteiger partial charge in [-0.15, -0.1) is 0 Å². The molecule has 0 bridgehead atoms. The Kier molecular flexibility index (Phi) is 6.64. The van der Waals surface area contributed by atoms with Crippen molar-refractivity contribution in [1.82, 2.24) is 4.90 Å². The fourth-order valence-corrected chi connectivity index (χ4v) is 2.98. The number of hydrogen-bond donors (Lipinski definition) is 1. The Labute approximate surface area is 127 Å². The summed E-state index contributed by atoms with van der Waals surface area (Å²) < 4.78 is 11.0. The lowest BCUT2D eigenvalue weighted by Gasteiger charge is -2.31. The van der Waals surface area contributed by atoms with E-state index in [0.29, 0.717) is 13.2 Å². The lowest BCUT2D eigenvalue weighted by Crippen LogP contribution is -2.42. The van der Waals surface area contributed by atoms with Crippen LogP contribution in [0.15, 0.2) is 24.3 Å². The highest BCUT2D eigenvalue weighted by Gasteiger charge is 2.34. The van der Waals surface area contributed by atoms with Gasteiger partial charge in [0.15, 0.2) is 0 Å². The molecule has 0 spiro atoms. The molecule has 0 heterocycles. The third-order valence-corrected chi connectivity index (χ3v) is 4.09. The molecular formula is C17H27NO3. The first-order valence-corrected chi connectivity index (χ1v) is 7.93. The topological polar surface area (TPSA) is 41.9 Å². The van der Waals surface area contributed by atoms with E-state index in [1.807, 2.05) is 32.0 Å². The number of hydrogen-bond acceptors (Lipinski definition) is 4. The van der Waals surface area contributed by atoms with Gasteiger partial charge in [0, 0.05) is 32.3 Å². The molecule has 1 aliphatic rings. The van der Waals surface area contributed by atoms with Gasteiger partial charge in [0.2, 0.25) is 0 Å². The molecule has 1 aromatic carbocycles. The van der Waals surface area contributed by atoms with Gasteiger partial charge in [0.05, 0.1) is 19.3 Å². The van der Waals surface area contributed by atoms with E-state index in [9.17, 15) is 5.11 Å². The van der Waals surface area contributed by atoms with Crippen molar-refractivity contribution in [2.45, 2.75) is 32.4 Å². The molecule has 0 saturated carbocycles. The first kappa shape index (κ1) is 16.4. The summed E-state index contributed by atoms with van der Waals surface area (Å²) >= 11 is 0. The normalized spacial score (nSPS) is 21.0. The van der Waals surface area contributed by atoms with Crippen molar-refractivity contribution >= 4 is 0 Å². The monoisotopic (exact) mass is 293 g/mol. The third-order valence-electron chi connectivity index (χ3n) is 4.09. The highest BCUT2D eigenvalue weighted by atomic mass is 16.5. The second-order valence-electron chi connectivity index (χ2n) is 5.34. The number of benzene rings is 1. The average molecular weight is 293 g/mol. The van der Waals surface area contributed by atoms with E-state index in [2.05, 4.69) is 11.0 Å². The molecule has 0 radical (unpaired) electrons. The number of aliphatic hydroxyl groups is 1. The largest absolute Gasteiger partial charge is 0.387 e. The molecule has 4 nitrogen and oxygen atoms in total. The fraction of sp³-hybridized carbons (Fsp3) is 0.647. The van der Waals surface area contributed by atoms with Crippen molar-refractivity contribution < 1.29 is 14.6 Å². The molecule has 0 fully saturated rings. The second kappa shape index (κ2) is 8.49. The molecule has 21 heavy (non-hydrogen) atoms. The van der Waals surface area contributed by atoms with Crippen LogP contribution in [-0.4, -0.2) is 55.6 Å². The molecule has 1 aromatic rings. The Balaban J connectivity index is 1.99. The SMILES string of the molecule is CCOCCN(CCOCC)C1Cc2ccccc2C1O. The minimum Gasteiger partial charge on any atom is -0.387 e. The van der Waals surface area contributed by atoms with Crippen molar-refractivity contribution in [3.63, 3.8) is 0 Å². The molecule has 0 aliphatic heterocycles. The minimum atomic E-state index is -0.413. The zero-order valence-electron chi connectivity index (χ0n) is 13.1. The number of fused-ring (bicyclic) bond motifs is 1. The van der Waals surface area contributed by atoms with Crippen LogP contribution in [-0.2, 0) is 15.9 Å². The predicted molar refractivity (Wildman–Crippen MR) is 83.5 cm³/mol. The summed E-state index contributed by atoms with van der Waals surface area (Å²) in [6, 6.07) is 8.31. The lowest BCUT2D eigenvalue weighted by atomic mass is 10.1. The molecular weight excluding hydrogens is 266 g/mol. The maximum absolute atomic E-state index is 10.6.